The molecule has 8 aromatic carbocycles. The van der Waals surface area contributed by atoms with Gasteiger partial charge in [-0.05, 0) is 90.2 Å². The Morgan fingerprint density at radius 2 is 0.867 bits per heavy atom. The fourth-order valence-corrected chi connectivity index (χ4v) is 8.71. The predicted octanol–water partition coefficient (Wildman–Crippen LogP) is 17.1. The van der Waals surface area contributed by atoms with Crippen molar-refractivity contribution in [2.75, 3.05) is 4.90 Å². The molecule has 2 nitrogen and oxygen atoms in total. The molecular formula is C58H55NO. The summed E-state index contributed by atoms with van der Waals surface area (Å²) in [6.45, 7) is 20.7. The van der Waals surface area contributed by atoms with Crippen molar-refractivity contribution in [1.29, 1.82) is 0 Å². The van der Waals surface area contributed by atoms with Gasteiger partial charge in [-0.2, -0.15) is 0 Å². The topological polar surface area (TPSA) is 16.4 Å². The van der Waals surface area contributed by atoms with E-state index in [4.69, 9.17) is 4.42 Å². The fraction of sp³-hybridized carbons (Fsp3) is 0.207. The number of benzene rings is 8. The number of hydrogen-bond donors (Lipinski definition) is 0. The Morgan fingerprint density at radius 3 is 1.52 bits per heavy atom. The van der Waals surface area contributed by atoms with Gasteiger partial charge in [-0.25, -0.2) is 0 Å². The van der Waals surface area contributed by atoms with E-state index in [9.17, 15) is 0 Å². The zero-order valence-corrected chi connectivity index (χ0v) is 36.5. The Hall–Kier alpha value is -6.38. The molecule has 0 fully saturated rings. The van der Waals surface area contributed by atoms with Crippen LogP contribution < -0.4 is 4.90 Å². The lowest BCUT2D eigenvalue weighted by atomic mass is 9.78. The molecule has 0 atom stereocenters. The van der Waals surface area contributed by atoms with Crippen LogP contribution in [0.2, 0.25) is 0 Å². The third-order valence-electron chi connectivity index (χ3n) is 12.1. The number of fused-ring (bicyclic) bond motifs is 4. The number of rotatable bonds is 6. The Bertz CT molecular complexity index is 2990. The highest BCUT2D eigenvalue weighted by atomic mass is 16.3. The number of hydrogen-bond acceptors (Lipinski definition) is 2. The van der Waals surface area contributed by atoms with Crippen molar-refractivity contribution in [2.24, 2.45) is 0 Å². The van der Waals surface area contributed by atoms with Gasteiger partial charge in [0.1, 0.15) is 5.58 Å². The number of anilines is 3. The molecule has 0 aliphatic heterocycles. The van der Waals surface area contributed by atoms with Gasteiger partial charge in [0.05, 0.1) is 17.1 Å². The quantitative estimate of drug-likeness (QED) is 0.167. The molecule has 60 heavy (non-hydrogen) atoms. The van der Waals surface area contributed by atoms with E-state index in [0.29, 0.717) is 0 Å². The van der Waals surface area contributed by atoms with Crippen LogP contribution in [0.1, 0.15) is 79.0 Å². The van der Waals surface area contributed by atoms with Gasteiger partial charge < -0.3 is 9.32 Å². The Morgan fingerprint density at radius 1 is 0.367 bits per heavy atom. The predicted molar refractivity (Wildman–Crippen MR) is 258 cm³/mol. The van der Waals surface area contributed by atoms with Crippen LogP contribution in [0, 0.1) is 0 Å². The summed E-state index contributed by atoms with van der Waals surface area (Å²) in [5, 5.41) is 4.66. The minimum Gasteiger partial charge on any atom is -0.454 e. The van der Waals surface area contributed by atoms with Gasteiger partial charge in [-0.3, -0.25) is 0 Å². The number of nitrogens with zero attached hydrogens (tertiary/aromatic N) is 1. The summed E-state index contributed by atoms with van der Waals surface area (Å²) in [7, 11) is 0. The summed E-state index contributed by atoms with van der Waals surface area (Å²) < 4.78 is 6.83. The largest absolute Gasteiger partial charge is 0.454 e. The van der Waals surface area contributed by atoms with E-state index in [2.05, 4.69) is 231 Å². The highest BCUT2D eigenvalue weighted by Crippen LogP contribution is 2.50. The van der Waals surface area contributed by atoms with Gasteiger partial charge >= 0.3 is 0 Å². The summed E-state index contributed by atoms with van der Waals surface area (Å²) in [6, 6.07) is 62.6. The van der Waals surface area contributed by atoms with Crippen LogP contribution in [0.25, 0.3) is 66.1 Å². The molecule has 0 aliphatic rings. The molecule has 9 rings (SSSR count). The van der Waals surface area contributed by atoms with Crippen LogP contribution >= 0.6 is 0 Å². The van der Waals surface area contributed by atoms with Crippen LogP contribution in [-0.2, 0) is 16.2 Å². The minimum atomic E-state index is -0.00530. The third kappa shape index (κ3) is 7.09. The zero-order chi connectivity index (χ0) is 42.0. The highest BCUT2D eigenvalue weighted by molar-refractivity contribution is 6.13. The van der Waals surface area contributed by atoms with Crippen LogP contribution in [0.15, 0.2) is 174 Å². The van der Waals surface area contributed by atoms with E-state index in [1.54, 1.807) is 0 Å². The maximum absolute atomic E-state index is 6.83. The molecule has 0 unspecified atom stereocenters. The Balaban J connectivity index is 1.33. The fourth-order valence-electron chi connectivity index (χ4n) is 8.71. The first-order chi connectivity index (χ1) is 28.7. The maximum Gasteiger partial charge on any atom is 0.159 e. The minimum absolute atomic E-state index is 0.00530. The van der Waals surface area contributed by atoms with Gasteiger partial charge in [0.2, 0.25) is 0 Å². The van der Waals surface area contributed by atoms with E-state index in [0.717, 1.165) is 50.1 Å². The summed E-state index contributed by atoms with van der Waals surface area (Å²) in [4.78, 5) is 2.44. The van der Waals surface area contributed by atoms with Crippen LogP contribution in [-0.4, -0.2) is 0 Å². The molecule has 0 bridgehead atoms. The lowest BCUT2D eigenvalue weighted by molar-refractivity contribution is 0.569. The number of para-hydroxylation sites is 4. The molecule has 0 radical (unpaired) electrons. The van der Waals surface area contributed by atoms with Crippen molar-refractivity contribution >= 4 is 49.8 Å². The van der Waals surface area contributed by atoms with E-state index < -0.39 is 0 Å². The van der Waals surface area contributed by atoms with E-state index in [1.165, 1.54) is 49.7 Å². The molecule has 0 amide bonds. The maximum atomic E-state index is 6.83. The monoisotopic (exact) mass is 781 g/mol. The molecule has 1 aromatic heterocycles. The second-order valence-corrected chi connectivity index (χ2v) is 19.5. The molecule has 0 N–H and O–H groups in total. The lowest BCUT2D eigenvalue weighted by Crippen LogP contribution is -2.16. The summed E-state index contributed by atoms with van der Waals surface area (Å²) in [5.41, 5.74) is 16.1. The van der Waals surface area contributed by atoms with E-state index >= 15 is 0 Å². The van der Waals surface area contributed by atoms with E-state index in [-0.39, 0.29) is 16.2 Å². The molecule has 0 saturated carbocycles. The molecule has 0 aliphatic carbocycles. The molecule has 1 heterocycles. The van der Waals surface area contributed by atoms with Gasteiger partial charge in [0.15, 0.2) is 5.58 Å². The third-order valence-corrected chi connectivity index (χ3v) is 12.1. The standard InChI is InChI=1S/C58H55NO/c1-56(2,3)41-33-31-38(32-34-41)44-21-10-13-27-50(44)59(52-29-18-26-49-47-23-12-15-30-53(47)60-55(49)52)51-28-14-11-22-46(51)48-25-17-20-39-19-16-24-45(54(39)48)40-35-42(57(4,5)6)37-43(36-40)58(7,8)9/h10-37H,1-9H3. The molecular weight excluding hydrogens is 727 g/mol. The van der Waals surface area contributed by atoms with Crippen LogP contribution in [0.5, 0.6) is 0 Å². The number of furan rings is 1. The Labute approximate surface area is 356 Å². The van der Waals surface area contributed by atoms with Crippen molar-refractivity contribution in [2.45, 2.75) is 78.6 Å². The van der Waals surface area contributed by atoms with Gasteiger partial charge in [-0.1, -0.05) is 208 Å². The van der Waals surface area contributed by atoms with Crippen molar-refractivity contribution in [3.8, 4) is 33.4 Å². The summed E-state index contributed by atoms with van der Waals surface area (Å²) in [6.07, 6.45) is 0. The molecule has 2 heteroatoms. The summed E-state index contributed by atoms with van der Waals surface area (Å²) >= 11 is 0. The second-order valence-electron chi connectivity index (χ2n) is 19.5. The van der Waals surface area contributed by atoms with Gasteiger partial charge in [0, 0.05) is 21.9 Å². The highest BCUT2D eigenvalue weighted by Gasteiger charge is 2.26. The normalized spacial score (nSPS) is 12.4. The zero-order valence-electron chi connectivity index (χ0n) is 36.5. The van der Waals surface area contributed by atoms with Gasteiger partial charge in [0.25, 0.3) is 0 Å². The van der Waals surface area contributed by atoms with Gasteiger partial charge in [-0.15, -0.1) is 0 Å². The smallest absolute Gasteiger partial charge is 0.159 e. The van der Waals surface area contributed by atoms with Crippen molar-refractivity contribution in [1.82, 2.24) is 0 Å². The second kappa shape index (κ2) is 14.7. The molecule has 0 spiro atoms. The lowest BCUT2D eigenvalue weighted by Gasteiger charge is -2.30. The van der Waals surface area contributed by atoms with Crippen molar-refractivity contribution in [3.05, 3.63) is 187 Å². The van der Waals surface area contributed by atoms with Crippen LogP contribution in [0.3, 0.4) is 0 Å². The first-order valence-corrected chi connectivity index (χ1v) is 21.3. The van der Waals surface area contributed by atoms with Crippen molar-refractivity contribution < 1.29 is 4.42 Å². The molecule has 0 saturated heterocycles. The molecule has 9 aromatic rings. The summed E-state index contributed by atoms with van der Waals surface area (Å²) in [5.74, 6) is 0. The SMILES string of the molecule is CC(C)(C)c1ccc(-c2ccccc2N(c2ccccc2-c2cccc3cccc(-c4cc(C(C)(C)C)cc(C(C)(C)C)c4)c23)c2cccc3c2oc2ccccc23)cc1. The Kier molecular flexibility index (Phi) is 9.59. The van der Waals surface area contributed by atoms with E-state index in [1.807, 2.05) is 6.07 Å². The van der Waals surface area contributed by atoms with Crippen LogP contribution in [0.4, 0.5) is 17.1 Å². The molecule has 298 valence electrons. The van der Waals surface area contributed by atoms with Crippen molar-refractivity contribution in [3.63, 3.8) is 0 Å². The first-order valence-electron chi connectivity index (χ1n) is 21.3. The average molecular weight is 782 g/mol. The average Bonchev–Trinajstić information content (AvgIpc) is 3.62. The first kappa shape index (κ1) is 39.1.